The fourth-order valence-electron chi connectivity index (χ4n) is 5.07. The smallest absolute Gasteiger partial charge is 0.124 e. The lowest BCUT2D eigenvalue weighted by Gasteiger charge is -2.11. The molecule has 0 saturated heterocycles. The second kappa shape index (κ2) is 9.23. The summed E-state index contributed by atoms with van der Waals surface area (Å²) < 4.78 is 1.16. The fraction of sp³-hybridized carbons (Fsp3) is 0. The van der Waals surface area contributed by atoms with Crippen LogP contribution in [-0.2, 0) is 0 Å². The molecule has 0 radical (unpaired) electrons. The minimum absolute atomic E-state index is 0.661. The molecule has 0 fully saturated rings. The van der Waals surface area contributed by atoms with E-state index in [1.165, 1.54) is 0 Å². The van der Waals surface area contributed by atoms with Gasteiger partial charge in [0.15, 0.2) is 0 Å². The normalized spacial score (nSPS) is 11.0. The van der Waals surface area contributed by atoms with Crippen LogP contribution in [0.25, 0.3) is 64.6 Å². The van der Waals surface area contributed by atoms with Crippen molar-refractivity contribution in [3.05, 3.63) is 126 Å². The highest BCUT2D eigenvalue weighted by Crippen LogP contribution is 2.37. The van der Waals surface area contributed by atoms with Gasteiger partial charge in [0.2, 0.25) is 0 Å². The highest BCUT2D eigenvalue weighted by Gasteiger charge is 2.12. The number of hydrogen-bond donors (Lipinski definition) is 0. The van der Waals surface area contributed by atoms with Crippen molar-refractivity contribution in [3.8, 4) is 45.0 Å². The van der Waals surface area contributed by atoms with Gasteiger partial charge in [-0.3, -0.25) is 0 Å². The topological polar surface area (TPSA) is 60.5 Å². The van der Waals surface area contributed by atoms with Crippen molar-refractivity contribution in [2.45, 2.75) is 0 Å². The zero-order chi connectivity index (χ0) is 26.3. The van der Waals surface area contributed by atoms with E-state index >= 15 is 0 Å². The van der Waals surface area contributed by atoms with Crippen LogP contribution in [0.15, 0.2) is 115 Å². The first-order valence-corrected chi connectivity index (χ1v) is 13.4. The minimum Gasteiger partial charge on any atom is -0.236 e. The highest BCUT2D eigenvalue weighted by molar-refractivity contribution is 7.21. The average Bonchev–Trinajstić information content (AvgIpc) is 3.44. The van der Waals surface area contributed by atoms with E-state index in [-0.39, 0.29) is 0 Å². The van der Waals surface area contributed by atoms with Crippen molar-refractivity contribution >= 4 is 43.1 Å². The summed E-state index contributed by atoms with van der Waals surface area (Å²) in [5, 5.41) is 23.8. The highest BCUT2D eigenvalue weighted by atomic mass is 32.1. The summed E-state index contributed by atoms with van der Waals surface area (Å²) in [7, 11) is 0. The Bertz CT molecular complexity index is 2010. The molecule has 3 nitrogen and oxygen atoms in total. The Morgan fingerprint density at radius 1 is 0.487 bits per heavy atom. The molecule has 0 spiro atoms. The fourth-order valence-corrected chi connectivity index (χ4v) is 6.02. The first-order chi connectivity index (χ1) is 19.2. The summed E-state index contributed by atoms with van der Waals surface area (Å²) in [5.41, 5.74) is 7.82. The standard InChI is InChI=1S/C35H19N3S/c36-20-22-5-7-26-15-28(11-9-24(26)13-22)30-17-31(29-12-10-25-14-23(21-37)6-8-27(25)16-29)19-32(18-30)35-38-33-3-1-2-4-34(33)39-35/h1-19H. The number of fused-ring (bicyclic) bond motifs is 3. The predicted molar refractivity (Wildman–Crippen MR) is 160 cm³/mol. The van der Waals surface area contributed by atoms with Crippen LogP contribution in [0.5, 0.6) is 0 Å². The third-order valence-corrected chi connectivity index (χ3v) is 8.16. The number of nitrogens with zero attached hydrogens (tertiary/aromatic N) is 3. The maximum atomic E-state index is 9.28. The zero-order valence-electron chi connectivity index (χ0n) is 20.7. The first-order valence-electron chi connectivity index (χ1n) is 12.6. The second-order valence-corrected chi connectivity index (χ2v) is 10.6. The molecular formula is C35H19N3S. The van der Waals surface area contributed by atoms with Crippen LogP contribution in [0.2, 0.25) is 0 Å². The lowest BCUT2D eigenvalue weighted by atomic mass is 9.93. The molecular weight excluding hydrogens is 494 g/mol. The van der Waals surface area contributed by atoms with Gasteiger partial charge in [-0.2, -0.15) is 10.5 Å². The summed E-state index contributed by atoms with van der Waals surface area (Å²) in [6.45, 7) is 0. The third kappa shape index (κ3) is 4.20. The van der Waals surface area contributed by atoms with Crippen LogP contribution in [0.3, 0.4) is 0 Å². The number of aromatic nitrogens is 1. The quantitative estimate of drug-likeness (QED) is 0.236. The lowest BCUT2D eigenvalue weighted by molar-refractivity contribution is 1.47. The van der Waals surface area contributed by atoms with E-state index < -0.39 is 0 Å². The summed E-state index contributed by atoms with van der Waals surface area (Å²) in [6.07, 6.45) is 0. The van der Waals surface area contributed by atoms with Crippen molar-refractivity contribution in [1.82, 2.24) is 4.98 Å². The van der Waals surface area contributed by atoms with Crippen LogP contribution in [0.4, 0.5) is 0 Å². The number of rotatable bonds is 3. The Labute approximate surface area is 229 Å². The molecule has 1 aromatic heterocycles. The van der Waals surface area contributed by atoms with Gasteiger partial charge in [-0.25, -0.2) is 4.98 Å². The van der Waals surface area contributed by atoms with E-state index in [0.717, 1.165) is 64.6 Å². The Hall–Kier alpha value is -5.29. The maximum Gasteiger partial charge on any atom is 0.124 e. The van der Waals surface area contributed by atoms with E-state index in [2.05, 4.69) is 78.9 Å². The predicted octanol–water partition coefficient (Wildman–Crippen LogP) is 9.35. The average molecular weight is 514 g/mol. The summed E-state index contributed by atoms with van der Waals surface area (Å²) in [6, 6.07) is 43.7. The van der Waals surface area contributed by atoms with E-state index in [0.29, 0.717) is 11.1 Å². The minimum atomic E-state index is 0.661. The number of thiazole rings is 1. The van der Waals surface area contributed by atoms with Crippen LogP contribution in [-0.4, -0.2) is 4.98 Å². The van der Waals surface area contributed by atoms with Gasteiger partial charge in [0, 0.05) is 5.56 Å². The molecule has 0 aliphatic rings. The molecule has 39 heavy (non-hydrogen) atoms. The molecule has 0 N–H and O–H groups in total. The van der Waals surface area contributed by atoms with Crippen molar-refractivity contribution in [1.29, 1.82) is 10.5 Å². The number of para-hydroxylation sites is 1. The molecule has 0 unspecified atom stereocenters. The lowest BCUT2D eigenvalue weighted by Crippen LogP contribution is -1.87. The molecule has 0 atom stereocenters. The summed E-state index contributed by atoms with van der Waals surface area (Å²) in [4.78, 5) is 4.95. The molecule has 7 rings (SSSR count). The van der Waals surface area contributed by atoms with Gasteiger partial charge in [0.25, 0.3) is 0 Å². The molecule has 0 aliphatic heterocycles. The van der Waals surface area contributed by atoms with Crippen LogP contribution in [0, 0.1) is 22.7 Å². The van der Waals surface area contributed by atoms with E-state index in [1.54, 1.807) is 11.3 Å². The Balaban J connectivity index is 1.42. The molecule has 1 heterocycles. The van der Waals surface area contributed by atoms with E-state index in [9.17, 15) is 10.5 Å². The molecule has 4 heteroatoms. The second-order valence-electron chi connectivity index (χ2n) is 9.56. The van der Waals surface area contributed by atoms with Gasteiger partial charge in [0.1, 0.15) is 5.01 Å². The van der Waals surface area contributed by atoms with E-state index in [4.69, 9.17) is 4.98 Å². The van der Waals surface area contributed by atoms with Crippen molar-refractivity contribution in [2.24, 2.45) is 0 Å². The molecule has 7 aromatic rings. The number of hydrogen-bond acceptors (Lipinski definition) is 4. The summed E-state index contributed by atoms with van der Waals surface area (Å²) in [5.74, 6) is 0. The van der Waals surface area contributed by atoms with Gasteiger partial charge < -0.3 is 0 Å². The van der Waals surface area contributed by atoms with Crippen molar-refractivity contribution in [2.75, 3.05) is 0 Å². The monoisotopic (exact) mass is 513 g/mol. The van der Waals surface area contributed by atoms with Crippen molar-refractivity contribution < 1.29 is 0 Å². The molecule has 0 saturated carbocycles. The Kier molecular flexibility index (Phi) is 5.41. The third-order valence-electron chi connectivity index (χ3n) is 7.08. The molecule has 6 aromatic carbocycles. The largest absolute Gasteiger partial charge is 0.236 e. The van der Waals surface area contributed by atoms with Crippen LogP contribution < -0.4 is 0 Å². The first kappa shape index (κ1) is 22.9. The van der Waals surface area contributed by atoms with E-state index in [1.807, 2.05) is 48.5 Å². The number of nitriles is 2. The molecule has 0 bridgehead atoms. The SMILES string of the molecule is N#Cc1ccc2cc(-c3cc(-c4ccc5cc(C#N)ccc5c4)cc(-c4nc5ccccc5s4)c3)ccc2c1. The van der Waals surface area contributed by atoms with Crippen molar-refractivity contribution in [3.63, 3.8) is 0 Å². The molecule has 180 valence electrons. The maximum absolute atomic E-state index is 9.28. The molecule has 0 amide bonds. The van der Waals surface area contributed by atoms with Gasteiger partial charge in [0.05, 0.1) is 33.5 Å². The zero-order valence-corrected chi connectivity index (χ0v) is 21.5. The Morgan fingerprint density at radius 3 is 1.56 bits per heavy atom. The molecule has 0 aliphatic carbocycles. The van der Waals surface area contributed by atoms with Crippen LogP contribution in [0.1, 0.15) is 11.1 Å². The van der Waals surface area contributed by atoms with Gasteiger partial charge in [-0.1, -0.05) is 48.5 Å². The van der Waals surface area contributed by atoms with Gasteiger partial charge in [-0.05, 0) is 111 Å². The number of benzene rings is 6. The van der Waals surface area contributed by atoms with Gasteiger partial charge >= 0.3 is 0 Å². The Morgan fingerprint density at radius 2 is 1.00 bits per heavy atom. The van der Waals surface area contributed by atoms with Crippen LogP contribution >= 0.6 is 11.3 Å². The van der Waals surface area contributed by atoms with Gasteiger partial charge in [-0.15, -0.1) is 11.3 Å². The summed E-state index contributed by atoms with van der Waals surface area (Å²) >= 11 is 1.70.